The Hall–Kier alpha value is -1.02. The summed E-state index contributed by atoms with van der Waals surface area (Å²) in [5.74, 6) is 0. The maximum atomic E-state index is 9.43. The van der Waals surface area contributed by atoms with Crippen LogP contribution in [0.15, 0.2) is 18.2 Å². The van der Waals surface area contributed by atoms with Gasteiger partial charge in [-0.15, -0.1) is 0 Å². The molecule has 1 unspecified atom stereocenters. The van der Waals surface area contributed by atoms with Crippen molar-refractivity contribution in [3.63, 3.8) is 0 Å². The van der Waals surface area contributed by atoms with E-state index in [4.69, 9.17) is 5.73 Å². The maximum Gasteiger partial charge on any atom is 0.0795 e. The third-order valence-electron chi connectivity index (χ3n) is 2.21. The predicted octanol–water partition coefficient (Wildman–Crippen LogP) is 1.25. The van der Waals surface area contributed by atoms with Crippen LogP contribution in [0.5, 0.6) is 0 Å². The van der Waals surface area contributed by atoms with E-state index < -0.39 is 0 Å². The molecule has 0 amide bonds. The third kappa shape index (κ3) is 0.994. The molecule has 2 rings (SSSR count). The minimum absolute atomic E-state index is 0.259. The molecule has 1 aliphatic carbocycles. The molecule has 0 heterocycles. The number of aryl methyl sites for hydroxylation is 1. The minimum atomic E-state index is -0.259. The molecule has 0 bridgehead atoms. The van der Waals surface area contributed by atoms with Crippen molar-refractivity contribution in [3.05, 3.63) is 29.3 Å². The van der Waals surface area contributed by atoms with Gasteiger partial charge < -0.3 is 10.8 Å². The summed E-state index contributed by atoms with van der Waals surface area (Å²) in [5, 5.41) is 9.43. The molecule has 58 valence electrons. The van der Waals surface area contributed by atoms with Crippen molar-refractivity contribution in [2.24, 2.45) is 0 Å². The number of hydrogen-bond donors (Lipinski definition) is 2. The van der Waals surface area contributed by atoms with Crippen LogP contribution in [0.4, 0.5) is 5.69 Å². The van der Waals surface area contributed by atoms with E-state index >= 15 is 0 Å². The number of hydrogen-bond acceptors (Lipinski definition) is 2. The molecule has 0 aromatic heterocycles. The van der Waals surface area contributed by atoms with E-state index in [1.807, 2.05) is 18.2 Å². The average molecular weight is 149 g/mol. The molecule has 0 spiro atoms. The maximum absolute atomic E-state index is 9.43. The van der Waals surface area contributed by atoms with Gasteiger partial charge in [0.25, 0.3) is 0 Å². The van der Waals surface area contributed by atoms with Crippen LogP contribution < -0.4 is 5.73 Å². The number of aliphatic hydroxyl groups excluding tert-OH is 1. The van der Waals surface area contributed by atoms with Crippen molar-refractivity contribution in [2.45, 2.75) is 18.9 Å². The van der Waals surface area contributed by atoms with Gasteiger partial charge in [0.05, 0.1) is 6.10 Å². The van der Waals surface area contributed by atoms with Crippen molar-refractivity contribution in [3.8, 4) is 0 Å². The monoisotopic (exact) mass is 149 g/mol. The van der Waals surface area contributed by atoms with Crippen molar-refractivity contribution >= 4 is 5.69 Å². The molecule has 0 saturated carbocycles. The lowest BCUT2D eigenvalue weighted by molar-refractivity contribution is 0.180. The van der Waals surface area contributed by atoms with Crippen LogP contribution in [-0.4, -0.2) is 5.11 Å². The normalized spacial score (nSPS) is 21.7. The van der Waals surface area contributed by atoms with Gasteiger partial charge in [0, 0.05) is 5.69 Å². The van der Waals surface area contributed by atoms with Gasteiger partial charge in [-0.05, 0) is 36.1 Å². The van der Waals surface area contributed by atoms with Crippen LogP contribution in [-0.2, 0) is 6.42 Å². The van der Waals surface area contributed by atoms with Crippen molar-refractivity contribution in [1.29, 1.82) is 0 Å². The standard InChI is InChI=1S/C9H11NO/c10-7-2-3-8-6(5-7)1-4-9(8)11/h2-3,5,9,11H,1,4,10H2. The zero-order valence-corrected chi connectivity index (χ0v) is 6.25. The lowest BCUT2D eigenvalue weighted by Gasteiger charge is -2.02. The second-order valence-corrected chi connectivity index (χ2v) is 3.01. The molecule has 11 heavy (non-hydrogen) atoms. The number of fused-ring (bicyclic) bond motifs is 1. The van der Waals surface area contributed by atoms with Crippen LogP contribution >= 0.6 is 0 Å². The molecular weight excluding hydrogens is 138 g/mol. The van der Waals surface area contributed by atoms with Crippen LogP contribution in [0.1, 0.15) is 23.7 Å². The number of rotatable bonds is 0. The lowest BCUT2D eigenvalue weighted by atomic mass is 10.1. The van der Waals surface area contributed by atoms with Crippen molar-refractivity contribution < 1.29 is 5.11 Å². The van der Waals surface area contributed by atoms with E-state index in [9.17, 15) is 5.11 Å². The van der Waals surface area contributed by atoms with Gasteiger partial charge in [0.15, 0.2) is 0 Å². The summed E-state index contributed by atoms with van der Waals surface area (Å²) in [4.78, 5) is 0. The summed E-state index contributed by atoms with van der Waals surface area (Å²) in [5.41, 5.74) is 8.65. The van der Waals surface area contributed by atoms with Gasteiger partial charge in [-0.2, -0.15) is 0 Å². The topological polar surface area (TPSA) is 46.2 Å². The summed E-state index contributed by atoms with van der Waals surface area (Å²) in [6, 6.07) is 5.71. The fourth-order valence-electron chi connectivity index (χ4n) is 1.61. The van der Waals surface area contributed by atoms with E-state index in [-0.39, 0.29) is 6.10 Å². The van der Waals surface area contributed by atoms with Crippen LogP contribution in [0.2, 0.25) is 0 Å². The molecule has 1 aliphatic rings. The Morgan fingerprint density at radius 2 is 2.27 bits per heavy atom. The van der Waals surface area contributed by atoms with Crippen molar-refractivity contribution in [1.82, 2.24) is 0 Å². The molecule has 1 aromatic carbocycles. The third-order valence-corrected chi connectivity index (χ3v) is 2.21. The van der Waals surface area contributed by atoms with E-state index in [0.29, 0.717) is 0 Å². The minimum Gasteiger partial charge on any atom is -0.399 e. The average Bonchev–Trinajstić information content (AvgIpc) is 2.32. The molecule has 2 nitrogen and oxygen atoms in total. The molecule has 1 aromatic rings. The quantitative estimate of drug-likeness (QED) is 0.545. The van der Waals surface area contributed by atoms with Gasteiger partial charge in [0.2, 0.25) is 0 Å². The Morgan fingerprint density at radius 1 is 1.45 bits per heavy atom. The smallest absolute Gasteiger partial charge is 0.0795 e. The largest absolute Gasteiger partial charge is 0.399 e. The molecular formula is C9H11NO. The van der Waals surface area contributed by atoms with Crippen molar-refractivity contribution in [2.75, 3.05) is 5.73 Å². The molecule has 0 aliphatic heterocycles. The predicted molar refractivity (Wildman–Crippen MR) is 44.1 cm³/mol. The highest BCUT2D eigenvalue weighted by molar-refractivity contribution is 5.47. The lowest BCUT2D eigenvalue weighted by Crippen LogP contribution is -1.91. The first-order valence-electron chi connectivity index (χ1n) is 3.84. The highest BCUT2D eigenvalue weighted by atomic mass is 16.3. The second kappa shape index (κ2) is 2.24. The molecule has 0 radical (unpaired) electrons. The summed E-state index contributed by atoms with van der Waals surface area (Å²) in [6.07, 6.45) is 1.55. The molecule has 0 saturated heterocycles. The number of nitrogen functional groups attached to an aromatic ring is 1. The van der Waals surface area contributed by atoms with Crippen LogP contribution in [0.25, 0.3) is 0 Å². The number of benzene rings is 1. The fraction of sp³-hybridized carbons (Fsp3) is 0.333. The first-order valence-corrected chi connectivity index (χ1v) is 3.84. The Balaban J connectivity index is 2.50. The Labute approximate surface area is 65.7 Å². The highest BCUT2D eigenvalue weighted by Crippen LogP contribution is 2.31. The van der Waals surface area contributed by atoms with E-state index in [1.165, 1.54) is 5.56 Å². The van der Waals surface area contributed by atoms with Crippen LogP contribution in [0.3, 0.4) is 0 Å². The van der Waals surface area contributed by atoms with Gasteiger partial charge >= 0.3 is 0 Å². The summed E-state index contributed by atoms with van der Waals surface area (Å²) in [6.45, 7) is 0. The summed E-state index contributed by atoms with van der Waals surface area (Å²) < 4.78 is 0. The zero-order chi connectivity index (χ0) is 7.84. The number of aliphatic hydroxyl groups is 1. The highest BCUT2D eigenvalue weighted by Gasteiger charge is 2.19. The summed E-state index contributed by atoms with van der Waals surface area (Å²) in [7, 11) is 0. The Morgan fingerprint density at radius 3 is 3.09 bits per heavy atom. The van der Waals surface area contributed by atoms with E-state index in [2.05, 4.69) is 0 Å². The van der Waals surface area contributed by atoms with E-state index in [1.54, 1.807) is 0 Å². The zero-order valence-electron chi connectivity index (χ0n) is 6.25. The first kappa shape index (κ1) is 6.68. The second-order valence-electron chi connectivity index (χ2n) is 3.01. The molecule has 2 heteroatoms. The first-order chi connectivity index (χ1) is 5.27. The molecule has 1 atom stereocenters. The molecule has 3 N–H and O–H groups in total. The molecule has 0 fully saturated rings. The number of nitrogens with two attached hydrogens (primary N) is 1. The van der Waals surface area contributed by atoms with Crippen LogP contribution in [0, 0.1) is 0 Å². The van der Waals surface area contributed by atoms with Gasteiger partial charge in [-0.25, -0.2) is 0 Å². The number of anilines is 1. The summed E-state index contributed by atoms with van der Waals surface area (Å²) >= 11 is 0. The van der Waals surface area contributed by atoms with Gasteiger partial charge in [-0.1, -0.05) is 6.07 Å². The Bertz CT molecular complexity index is 283. The fourth-order valence-corrected chi connectivity index (χ4v) is 1.61. The van der Waals surface area contributed by atoms with E-state index in [0.717, 1.165) is 24.1 Å². The Kier molecular flexibility index (Phi) is 1.36. The van der Waals surface area contributed by atoms with Gasteiger partial charge in [-0.3, -0.25) is 0 Å². The SMILES string of the molecule is Nc1ccc2c(c1)CCC2O. The van der Waals surface area contributed by atoms with Gasteiger partial charge in [0.1, 0.15) is 0 Å².